The number of para-hydroxylation sites is 1. The molecule has 1 fully saturated rings. The molecule has 2 aliphatic rings. The number of sulfonamides is 1. The van der Waals surface area contributed by atoms with E-state index in [1.165, 1.54) is 4.31 Å². The molecule has 2 aromatic carbocycles. The van der Waals surface area contributed by atoms with Gasteiger partial charge in [0.15, 0.2) is 0 Å². The second-order valence-corrected chi connectivity index (χ2v) is 9.03. The summed E-state index contributed by atoms with van der Waals surface area (Å²) in [6, 6.07) is 14.3. The van der Waals surface area contributed by atoms with Crippen LogP contribution >= 0.6 is 0 Å². The van der Waals surface area contributed by atoms with Crippen molar-refractivity contribution < 1.29 is 13.2 Å². The summed E-state index contributed by atoms with van der Waals surface area (Å²) in [7, 11) is -3.64. The molecular weight excluding hydrogens is 360 g/mol. The van der Waals surface area contributed by atoms with Crippen molar-refractivity contribution in [1.82, 2.24) is 0 Å². The van der Waals surface area contributed by atoms with Crippen molar-refractivity contribution in [3.8, 4) is 0 Å². The molecule has 27 heavy (non-hydrogen) atoms. The Morgan fingerprint density at radius 2 is 1.89 bits per heavy atom. The maximum absolute atomic E-state index is 13.2. The Kier molecular flexibility index (Phi) is 4.68. The first-order chi connectivity index (χ1) is 13.0. The van der Waals surface area contributed by atoms with Crippen molar-refractivity contribution >= 4 is 27.3 Å². The third kappa shape index (κ3) is 3.12. The topological polar surface area (TPSA) is 57.7 Å². The highest BCUT2D eigenvalue weighted by atomic mass is 32.2. The van der Waals surface area contributed by atoms with E-state index in [-0.39, 0.29) is 16.7 Å². The Balaban J connectivity index is 1.64. The van der Waals surface area contributed by atoms with Crippen molar-refractivity contribution in [3.05, 3.63) is 54.1 Å². The Morgan fingerprint density at radius 3 is 2.52 bits per heavy atom. The summed E-state index contributed by atoms with van der Waals surface area (Å²) in [4.78, 5) is 14.7. The Hall–Kier alpha value is -2.34. The minimum Gasteiger partial charge on any atom is -0.312 e. The van der Waals surface area contributed by atoms with Crippen LogP contribution in [-0.2, 0) is 21.2 Å². The maximum Gasteiger partial charge on any atom is 0.264 e. The number of carbonyl (C=O) groups is 1. The standard InChI is InChI=1S/C21H24N2O3S/c1-2-23(18-9-4-3-5-10-18)27(25,26)19-11-12-20-17(15-19)13-14-22(20)21(24)16-7-6-8-16/h3-5,9-12,15-16H,2,6-8,13-14H2,1H3. The molecule has 1 amide bonds. The van der Waals surface area contributed by atoms with Crippen molar-refractivity contribution in [1.29, 1.82) is 0 Å². The molecule has 6 heteroatoms. The number of hydrogen-bond donors (Lipinski definition) is 0. The van der Waals surface area contributed by atoms with Gasteiger partial charge in [0.1, 0.15) is 0 Å². The van der Waals surface area contributed by atoms with Gasteiger partial charge in [-0.15, -0.1) is 0 Å². The first-order valence-corrected chi connectivity index (χ1v) is 11.0. The molecule has 0 radical (unpaired) electrons. The zero-order valence-electron chi connectivity index (χ0n) is 15.5. The van der Waals surface area contributed by atoms with Gasteiger partial charge in [0.2, 0.25) is 5.91 Å². The fourth-order valence-corrected chi connectivity index (χ4v) is 5.38. The lowest BCUT2D eigenvalue weighted by molar-refractivity contribution is -0.124. The van der Waals surface area contributed by atoms with Crippen LogP contribution in [0.4, 0.5) is 11.4 Å². The van der Waals surface area contributed by atoms with Gasteiger partial charge in [-0.25, -0.2) is 8.42 Å². The highest BCUT2D eigenvalue weighted by Crippen LogP contribution is 2.36. The molecule has 1 aliphatic carbocycles. The van der Waals surface area contributed by atoms with Gasteiger partial charge in [0.25, 0.3) is 10.0 Å². The van der Waals surface area contributed by atoms with E-state index in [4.69, 9.17) is 0 Å². The summed E-state index contributed by atoms with van der Waals surface area (Å²) < 4.78 is 27.8. The van der Waals surface area contributed by atoms with E-state index in [2.05, 4.69) is 0 Å². The van der Waals surface area contributed by atoms with Gasteiger partial charge in [0.05, 0.1) is 10.6 Å². The minimum atomic E-state index is -3.64. The van der Waals surface area contributed by atoms with Gasteiger partial charge in [-0.05, 0) is 62.1 Å². The van der Waals surface area contributed by atoms with E-state index >= 15 is 0 Å². The molecule has 142 valence electrons. The SMILES string of the molecule is CCN(c1ccccc1)S(=O)(=O)c1ccc2c(c1)CCN2C(=O)C1CCC1. The average Bonchev–Trinajstić information content (AvgIpc) is 3.04. The predicted molar refractivity (Wildman–Crippen MR) is 106 cm³/mol. The Morgan fingerprint density at radius 1 is 1.15 bits per heavy atom. The first kappa shape index (κ1) is 18.0. The van der Waals surface area contributed by atoms with Crippen LogP contribution in [0, 0.1) is 5.92 Å². The number of carbonyl (C=O) groups excluding carboxylic acids is 1. The molecule has 2 aromatic rings. The number of rotatable bonds is 5. The summed E-state index contributed by atoms with van der Waals surface area (Å²) in [5.41, 5.74) is 2.46. The van der Waals surface area contributed by atoms with Crippen molar-refractivity contribution in [2.24, 2.45) is 5.92 Å². The van der Waals surface area contributed by atoms with Crippen LogP contribution in [0.25, 0.3) is 0 Å². The summed E-state index contributed by atoms with van der Waals surface area (Å²) in [6.45, 7) is 2.83. The molecule has 4 rings (SSSR count). The van der Waals surface area contributed by atoms with Crippen LogP contribution in [0.15, 0.2) is 53.4 Å². The number of benzene rings is 2. The monoisotopic (exact) mass is 384 g/mol. The largest absolute Gasteiger partial charge is 0.312 e. The van der Waals surface area contributed by atoms with Crippen LogP contribution in [0.3, 0.4) is 0 Å². The zero-order chi connectivity index (χ0) is 19.0. The number of anilines is 2. The lowest BCUT2D eigenvalue weighted by Gasteiger charge is -2.29. The number of fused-ring (bicyclic) bond motifs is 1. The summed E-state index contributed by atoms with van der Waals surface area (Å²) in [6.07, 6.45) is 3.77. The van der Waals surface area contributed by atoms with E-state index in [1.807, 2.05) is 30.0 Å². The lowest BCUT2D eigenvalue weighted by atomic mass is 9.84. The summed E-state index contributed by atoms with van der Waals surface area (Å²) in [5.74, 6) is 0.336. The molecule has 0 spiro atoms. The molecular formula is C21H24N2O3S. The fourth-order valence-electron chi connectivity index (χ4n) is 3.86. The Bertz CT molecular complexity index is 953. The van der Waals surface area contributed by atoms with Gasteiger partial charge in [-0.1, -0.05) is 24.6 Å². The Labute approximate surface area is 160 Å². The van der Waals surface area contributed by atoms with Crippen LogP contribution in [0.1, 0.15) is 31.7 Å². The molecule has 0 bridgehead atoms. The van der Waals surface area contributed by atoms with E-state index in [0.717, 1.165) is 30.5 Å². The maximum atomic E-state index is 13.2. The normalized spacial score (nSPS) is 16.7. The molecule has 0 saturated heterocycles. The molecule has 1 heterocycles. The quantitative estimate of drug-likeness (QED) is 0.792. The van der Waals surface area contributed by atoms with Crippen molar-refractivity contribution in [2.75, 3.05) is 22.3 Å². The van der Waals surface area contributed by atoms with Crippen molar-refractivity contribution in [2.45, 2.75) is 37.5 Å². The van der Waals surface area contributed by atoms with Crippen LogP contribution in [0.2, 0.25) is 0 Å². The second kappa shape index (κ2) is 7.00. The molecule has 1 saturated carbocycles. The van der Waals surface area contributed by atoms with E-state index < -0.39 is 10.0 Å². The van der Waals surface area contributed by atoms with Gasteiger partial charge >= 0.3 is 0 Å². The molecule has 0 unspecified atom stereocenters. The molecule has 0 atom stereocenters. The summed E-state index contributed by atoms with van der Waals surface area (Å²) in [5, 5.41) is 0. The van der Waals surface area contributed by atoms with Gasteiger partial charge in [0, 0.05) is 24.7 Å². The smallest absolute Gasteiger partial charge is 0.264 e. The number of hydrogen-bond acceptors (Lipinski definition) is 3. The fraction of sp³-hybridized carbons (Fsp3) is 0.381. The van der Waals surface area contributed by atoms with Crippen LogP contribution in [-0.4, -0.2) is 27.4 Å². The first-order valence-electron chi connectivity index (χ1n) is 9.54. The summed E-state index contributed by atoms with van der Waals surface area (Å²) >= 11 is 0. The highest BCUT2D eigenvalue weighted by Gasteiger charge is 2.34. The molecule has 0 N–H and O–H groups in total. The highest BCUT2D eigenvalue weighted by molar-refractivity contribution is 7.92. The third-order valence-electron chi connectivity index (χ3n) is 5.59. The average molecular weight is 385 g/mol. The van der Waals surface area contributed by atoms with Gasteiger partial charge in [-0.3, -0.25) is 9.10 Å². The lowest BCUT2D eigenvalue weighted by Crippen LogP contribution is -2.37. The number of amides is 1. The predicted octanol–water partition coefficient (Wildman–Crippen LogP) is 3.59. The van der Waals surface area contributed by atoms with E-state index in [1.54, 1.807) is 30.3 Å². The second-order valence-electron chi connectivity index (χ2n) is 7.16. The van der Waals surface area contributed by atoms with Crippen LogP contribution < -0.4 is 9.21 Å². The minimum absolute atomic E-state index is 0.146. The van der Waals surface area contributed by atoms with Gasteiger partial charge < -0.3 is 4.90 Å². The number of nitrogens with zero attached hydrogens (tertiary/aromatic N) is 2. The molecule has 1 aliphatic heterocycles. The molecule has 0 aromatic heterocycles. The van der Waals surface area contributed by atoms with E-state index in [9.17, 15) is 13.2 Å². The van der Waals surface area contributed by atoms with Crippen LogP contribution in [0.5, 0.6) is 0 Å². The van der Waals surface area contributed by atoms with Gasteiger partial charge in [-0.2, -0.15) is 0 Å². The zero-order valence-corrected chi connectivity index (χ0v) is 16.3. The van der Waals surface area contributed by atoms with E-state index in [0.29, 0.717) is 25.2 Å². The third-order valence-corrected chi connectivity index (χ3v) is 7.49. The molecule has 5 nitrogen and oxygen atoms in total. The van der Waals surface area contributed by atoms with Crippen molar-refractivity contribution in [3.63, 3.8) is 0 Å².